The normalized spacial score (nSPS) is 10.9. The molecular weight excluding hydrogens is 284 g/mol. The topological polar surface area (TPSA) is 35.2 Å². The summed E-state index contributed by atoms with van der Waals surface area (Å²) in [5, 5.41) is 0.582. The van der Waals surface area contributed by atoms with Gasteiger partial charge in [-0.25, -0.2) is 8.78 Å². The molecule has 2 rings (SSSR count). The first kappa shape index (κ1) is 14.6. The van der Waals surface area contributed by atoms with E-state index in [-0.39, 0.29) is 17.0 Å². The van der Waals surface area contributed by atoms with E-state index < -0.39 is 6.43 Å². The number of hydrogen-bond donors (Lipinski definition) is 1. The molecule has 0 amide bonds. The van der Waals surface area contributed by atoms with Gasteiger partial charge in [-0.3, -0.25) is 0 Å². The lowest BCUT2D eigenvalue weighted by Gasteiger charge is -2.15. The van der Waals surface area contributed by atoms with E-state index in [9.17, 15) is 8.78 Å². The molecule has 0 saturated carbocycles. The van der Waals surface area contributed by atoms with Crippen LogP contribution >= 0.6 is 11.6 Å². The van der Waals surface area contributed by atoms with Crippen LogP contribution in [0.2, 0.25) is 5.02 Å². The molecule has 2 aromatic rings. The van der Waals surface area contributed by atoms with E-state index in [1.165, 1.54) is 18.2 Å². The van der Waals surface area contributed by atoms with Crippen molar-refractivity contribution in [3.8, 4) is 11.5 Å². The Bertz CT molecular complexity index is 621. The van der Waals surface area contributed by atoms with Gasteiger partial charge in [-0.05, 0) is 55.3 Å². The first-order valence-corrected chi connectivity index (χ1v) is 6.38. The Labute approximate surface area is 121 Å². The molecule has 2 nitrogen and oxygen atoms in total. The molecule has 2 aromatic carbocycles. The van der Waals surface area contributed by atoms with Crippen molar-refractivity contribution in [2.75, 3.05) is 5.73 Å². The Morgan fingerprint density at radius 2 is 1.70 bits per heavy atom. The molecule has 2 N–H and O–H groups in total. The fourth-order valence-electron chi connectivity index (χ4n) is 2.00. The molecular formula is C15H14ClF2NO. The predicted octanol–water partition coefficient (Wildman–Crippen LogP) is 5.27. The smallest absolute Gasteiger partial charge is 0.267 e. The maximum Gasteiger partial charge on any atom is 0.267 e. The zero-order valence-electron chi connectivity index (χ0n) is 11.1. The van der Waals surface area contributed by atoms with Gasteiger partial charge in [0.1, 0.15) is 11.5 Å². The van der Waals surface area contributed by atoms with Crippen molar-refractivity contribution in [1.29, 1.82) is 0 Å². The van der Waals surface area contributed by atoms with Crippen LogP contribution in [-0.2, 0) is 0 Å². The Morgan fingerprint density at radius 1 is 1.10 bits per heavy atom. The van der Waals surface area contributed by atoms with Crippen molar-refractivity contribution in [1.82, 2.24) is 0 Å². The molecule has 0 saturated heterocycles. The van der Waals surface area contributed by atoms with Crippen LogP contribution < -0.4 is 10.5 Å². The Hall–Kier alpha value is -1.81. The maximum atomic E-state index is 13.0. The molecule has 0 unspecified atom stereocenters. The maximum absolute atomic E-state index is 13.0. The molecule has 0 aromatic heterocycles. The molecule has 0 atom stereocenters. The lowest BCUT2D eigenvalue weighted by Crippen LogP contribution is -1.97. The fraction of sp³-hybridized carbons (Fsp3) is 0.200. The molecule has 0 bridgehead atoms. The number of anilines is 1. The number of alkyl halides is 2. The zero-order chi connectivity index (χ0) is 14.9. The zero-order valence-corrected chi connectivity index (χ0v) is 11.8. The number of nitrogens with two attached hydrogens (primary N) is 1. The summed E-state index contributed by atoms with van der Waals surface area (Å²) >= 11 is 5.94. The second-order valence-electron chi connectivity index (χ2n) is 4.57. The van der Waals surface area contributed by atoms with Crippen molar-refractivity contribution in [2.45, 2.75) is 20.3 Å². The third-order valence-electron chi connectivity index (χ3n) is 2.91. The minimum Gasteiger partial charge on any atom is -0.456 e. The van der Waals surface area contributed by atoms with Crippen molar-refractivity contribution >= 4 is 17.3 Å². The average molecular weight is 298 g/mol. The summed E-state index contributed by atoms with van der Waals surface area (Å²) in [5.41, 5.74) is 7.15. The predicted molar refractivity (Wildman–Crippen MR) is 76.8 cm³/mol. The molecule has 106 valence electrons. The van der Waals surface area contributed by atoms with Gasteiger partial charge in [0.25, 0.3) is 6.43 Å². The van der Waals surface area contributed by atoms with E-state index in [0.29, 0.717) is 10.8 Å². The number of benzene rings is 2. The number of halogens is 3. The van der Waals surface area contributed by atoms with Gasteiger partial charge in [0.2, 0.25) is 0 Å². The van der Waals surface area contributed by atoms with Crippen LogP contribution in [0, 0.1) is 13.8 Å². The molecule has 0 radical (unpaired) electrons. The largest absolute Gasteiger partial charge is 0.456 e. The third kappa shape index (κ3) is 3.02. The van der Waals surface area contributed by atoms with Gasteiger partial charge in [0.15, 0.2) is 0 Å². The summed E-state index contributed by atoms with van der Waals surface area (Å²) in [6.07, 6.45) is -2.65. The van der Waals surface area contributed by atoms with Crippen LogP contribution in [0.15, 0.2) is 30.3 Å². The summed E-state index contributed by atoms with van der Waals surface area (Å²) in [6, 6.07) is 7.65. The SMILES string of the molecule is Cc1cc(Cl)cc(C)c1Oc1ccc(N)cc1C(F)F. The number of rotatable bonds is 3. The highest BCUT2D eigenvalue weighted by Gasteiger charge is 2.17. The molecule has 0 fully saturated rings. The van der Waals surface area contributed by atoms with Gasteiger partial charge in [0, 0.05) is 10.7 Å². The minimum absolute atomic E-state index is 0.0997. The van der Waals surface area contributed by atoms with Crippen LogP contribution in [0.1, 0.15) is 23.1 Å². The van der Waals surface area contributed by atoms with Gasteiger partial charge in [0.05, 0.1) is 5.56 Å². The minimum atomic E-state index is -2.65. The highest BCUT2D eigenvalue weighted by Crippen LogP contribution is 2.37. The second-order valence-corrected chi connectivity index (χ2v) is 5.01. The van der Waals surface area contributed by atoms with E-state index in [0.717, 1.165) is 11.1 Å². The number of ether oxygens (including phenoxy) is 1. The van der Waals surface area contributed by atoms with Crippen LogP contribution in [-0.4, -0.2) is 0 Å². The highest BCUT2D eigenvalue weighted by atomic mass is 35.5. The van der Waals surface area contributed by atoms with E-state index in [2.05, 4.69) is 0 Å². The van der Waals surface area contributed by atoms with Crippen LogP contribution in [0.5, 0.6) is 11.5 Å². The summed E-state index contributed by atoms with van der Waals surface area (Å²) in [4.78, 5) is 0. The van der Waals surface area contributed by atoms with Gasteiger partial charge in [-0.2, -0.15) is 0 Å². The number of hydrogen-bond acceptors (Lipinski definition) is 2. The highest BCUT2D eigenvalue weighted by molar-refractivity contribution is 6.30. The Morgan fingerprint density at radius 3 is 2.25 bits per heavy atom. The first-order chi connectivity index (χ1) is 9.38. The lowest BCUT2D eigenvalue weighted by molar-refractivity contribution is 0.148. The van der Waals surface area contributed by atoms with Gasteiger partial charge in [-0.1, -0.05) is 11.6 Å². The van der Waals surface area contributed by atoms with E-state index in [4.69, 9.17) is 22.1 Å². The monoisotopic (exact) mass is 297 g/mol. The molecule has 0 aliphatic rings. The summed E-state index contributed by atoms with van der Waals surface area (Å²) in [6.45, 7) is 3.63. The van der Waals surface area contributed by atoms with E-state index in [1.807, 2.05) is 13.8 Å². The van der Waals surface area contributed by atoms with Crippen LogP contribution in [0.4, 0.5) is 14.5 Å². The molecule has 0 heterocycles. The summed E-state index contributed by atoms with van der Waals surface area (Å²) < 4.78 is 31.7. The molecule has 0 aliphatic heterocycles. The van der Waals surface area contributed by atoms with Gasteiger partial charge >= 0.3 is 0 Å². The van der Waals surface area contributed by atoms with Gasteiger partial charge < -0.3 is 10.5 Å². The molecule has 0 spiro atoms. The van der Waals surface area contributed by atoms with Crippen molar-refractivity contribution in [3.63, 3.8) is 0 Å². The van der Waals surface area contributed by atoms with Crippen LogP contribution in [0.25, 0.3) is 0 Å². The van der Waals surface area contributed by atoms with E-state index >= 15 is 0 Å². The lowest BCUT2D eigenvalue weighted by atomic mass is 10.1. The Balaban J connectivity index is 2.45. The van der Waals surface area contributed by atoms with E-state index in [1.54, 1.807) is 12.1 Å². The summed E-state index contributed by atoms with van der Waals surface area (Å²) in [5.74, 6) is 0.629. The Kier molecular flexibility index (Phi) is 4.14. The van der Waals surface area contributed by atoms with Crippen LogP contribution in [0.3, 0.4) is 0 Å². The van der Waals surface area contributed by atoms with Crippen molar-refractivity contribution in [3.05, 3.63) is 52.0 Å². The standard InChI is InChI=1S/C15H14ClF2NO/c1-8-5-10(16)6-9(2)14(8)20-13-4-3-11(19)7-12(13)15(17)18/h3-7,15H,19H2,1-2H3. The molecule has 20 heavy (non-hydrogen) atoms. The average Bonchev–Trinajstić information content (AvgIpc) is 2.34. The summed E-state index contributed by atoms with van der Waals surface area (Å²) in [7, 11) is 0. The third-order valence-corrected chi connectivity index (χ3v) is 3.12. The quantitative estimate of drug-likeness (QED) is 0.783. The number of nitrogen functional groups attached to an aromatic ring is 1. The van der Waals surface area contributed by atoms with Gasteiger partial charge in [-0.15, -0.1) is 0 Å². The molecule has 0 aliphatic carbocycles. The van der Waals surface area contributed by atoms with Crippen molar-refractivity contribution in [2.24, 2.45) is 0 Å². The molecule has 5 heteroatoms. The second kappa shape index (κ2) is 5.67. The number of aryl methyl sites for hydroxylation is 2. The fourth-order valence-corrected chi connectivity index (χ4v) is 2.33. The first-order valence-electron chi connectivity index (χ1n) is 6.00. The van der Waals surface area contributed by atoms with Crippen molar-refractivity contribution < 1.29 is 13.5 Å².